The number of nitrogens with zero attached hydrogens (tertiary/aromatic N) is 2. The number of anilines is 2. The topological polar surface area (TPSA) is 49.8 Å². The van der Waals surface area contributed by atoms with Crippen molar-refractivity contribution in [3.05, 3.63) is 11.4 Å². The van der Waals surface area contributed by atoms with E-state index >= 15 is 0 Å². The van der Waals surface area contributed by atoms with Crippen molar-refractivity contribution in [1.82, 2.24) is 9.97 Å². The molecule has 1 aromatic rings. The van der Waals surface area contributed by atoms with Crippen LogP contribution in [-0.2, 0) is 6.42 Å². The summed E-state index contributed by atoms with van der Waals surface area (Å²) in [6, 6.07) is 0.510. The van der Waals surface area contributed by atoms with E-state index in [0.29, 0.717) is 11.5 Å². The van der Waals surface area contributed by atoms with E-state index in [-0.39, 0.29) is 0 Å². The maximum atomic E-state index is 4.74. The predicted molar refractivity (Wildman–Crippen MR) is 85.4 cm³/mol. The first kappa shape index (κ1) is 15.1. The van der Waals surface area contributed by atoms with Crippen LogP contribution in [0.3, 0.4) is 0 Å². The summed E-state index contributed by atoms with van der Waals surface area (Å²) in [7, 11) is 1.92. The zero-order chi connectivity index (χ0) is 14.8. The Kier molecular flexibility index (Phi) is 4.51. The zero-order valence-corrected chi connectivity index (χ0v) is 13.5. The van der Waals surface area contributed by atoms with E-state index in [1.54, 1.807) is 0 Å². The molecule has 2 rings (SSSR count). The molecule has 4 nitrogen and oxygen atoms in total. The van der Waals surface area contributed by atoms with Crippen LogP contribution >= 0.6 is 0 Å². The molecule has 1 aliphatic rings. The van der Waals surface area contributed by atoms with E-state index in [0.717, 1.165) is 35.9 Å². The van der Waals surface area contributed by atoms with Crippen molar-refractivity contribution in [2.45, 2.75) is 65.8 Å². The fourth-order valence-corrected chi connectivity index (χ4v) is 3.04. The molecule has 1 aromatic heterocycles. The highest BCUT2D eigenvalue weighted by Crippen LogP contribution is 2.39. The van der Waals surface area contributed by atoms with E-state index < -0.39 is 0 Å². The Labute approximate surface area is 122 Å². The lowest BCUT2D eigenvalue weighted by molar-refractivity contribution is 0.349. The van der Waals surface area contributed by atoms with Crippen molar-refractivity contribution in [3.63, 3.8) is 0 Å². The standard InChI is InChI=1S/C16H28N4/c1-6-8-13-19-14(17-5)11(2)15(20-13)18-12-9-7-10-16(12,3)4/h12H,6-10H2,1-5H3,(H2,17,18,19,20). The number of nitrogens with one attached hydrogen (secondary N) is 2. The summed E-state index contributed by atoms with van der Waals surface area (Å²) in [4.78, 5) is 9.33. The van der Waals surface area contributed by atoms with Crippen molar-refractivity contribution in [2.24, 2.45) is 5.41 Å². The van der Waals surface area contributed by atoms with Gasteiger partial charge in [0, 0.05) is 25.1 Å². The van der Waals surface area contributed by atoms with Gasteiger partial charge in [-0.2, -0.15) is 0 Å². The van der Waals surface area contributed by atoms with Crippen LogP contribution in [0.4, 0.5) is 11.6 Å². The molecule has 0 spiro atoms. The molecule has 1 saturated carbocycles. The van der Waals surface area contributed by atoms with Crippen LogP contribution in [0.2, 0.25) is 0 Å². The van der Waals surface area contributed by atoms with Gasteiger partial charge < -0.3 is 10.6 Å². The molecule has 0 amide bonds. The first-order valence-electron chi connectivity index (χ1n) is 7.79. The Morgan fingerprint density at radius 2 is 1.95 bits per heavy atom. The van der Waals surface area contributed by atoms with Crippen LogP contribution in [0.5, 0.6) is 0 Å². The molecule has 0 radical (unpaired) electrons. The Morgan fingerprint density at radius 3 is 2.50 bits per heavy atom. The summed E-state index contributed by atoms with van der Waals surface area (Å²) in [5, 5.41) is 6.87. The summed E-state index contributed by atoms with van der Waals surface area (Å²) >= 11 is 0. The molecule has 0 saturated heterocycles. The molecule has 2 N–H and O–H groups in total. The SMILES string of the molecule is CCCc1nc(NC)c(C)c(NC2CCCC2(C)C)n1. The third-order valence-electron chi connectivity index (χ3n) is 4.47. The van der Waals surface area contributed by atoms with Gasteiger partial charge in [-0.3, -0.25) is 0 Å². The zero-order valence-electron chi connectivity index (χ0n) is 13.5. The molecule has 1 atom stereocenters. The summed E-state index contributed by atoms with van der Waals surface area (Å²) in [5.74, 6) is 2.88. The quantitative estimate of drug-likeness (QED) is 0.859. The molecule has 4 heteroatoms. The molecule has 1 heterocycles. The fourth-order valence-electron chi connectivity index (χ4n) is 3.04. The first-order valence-corrected chi connectivity index (χ1v) is 7.79. The Morgan fingerprint density at radius 1 is 1.25 bits per heavy atom. The lowest BCUT2D eigenvalue weighted by Crippen LogP contribution is -2.31. The molecule has 0 aromatic carbocycles. The van der Waals surface area contributed by atoms with Crippen molar-refractivity contribution in [1.29, 1.82) is 0 Å². The van der Waals surface area contributed by atoms with Crippen molar-refractivity contribution < 1.29 is 0 Å². The molecule has 112 valence electrons. The summed E-state index contributed by atoms with van der Waals surface area (Å²) in [6.07, 6.45) is 5.82. The van der Waals surface area contributed by atoms with Crippen LogP contribution in [0.15, 0.2) is 0 Å². The maximum Gasteiger partial charge on any atom is 0.135 e. The van der Waals surface area contributed by atoms with E-state index in [9.17, 15) is 0 Å². The van der Waals surface area contributed by atoms with Crippen molar-refractivity contribution >= 4 is 11.6 Å². The van der Waals surface area contributed by atoms with Gasteiger partial charge in [0.05, 0.1) is 0 Å². The summed E-state index contributed by atoms with van der Waals surface area (Å²) in [5.41, 5.74) is 1.47. The third-order valence-corrected chi connectivity index (χ3v) is 4.47. The molecule has 1 aliphatic carbocycles. The van der Waals surface area contributed by atoms with Crippen LogP contribution in [0, 0.1) is 12.3 Å². The second-order valence-corrected chi connectivity index (χ2v) is 6.54. The van der Waals surface area contributed by atoms with Crippen LogP contribution in [0.1, 0.15) is 57.8 Å². The van der Waals surface area contributed by atoms with Gasteiger partial charge in [0.1, 0.15) is 17.5 Å². The second kappa shape index (κ2) is 5.98. The minimum Gasteiger partial charge on any atom is -0.373 e. The van der Waals surface area contributed by atoms with E-state index in [1.165, 1.54) is 19.3 Å². The lowest BCUT2D eigenvalue weighted by Gasteiger charge is -2.29. The Balaban J connectivity index is 2.28. The minimum atomic E-state index is 0.349. The molecule has 1 unspecified atom stereocenters. The van der Waals surface area contributed by atoms with Gasteiger partial charge in [0.2, 0.25) is 0 Å². The van der Waals surface area contributed by atoms with Gasteiger partial charge in [-0.25, -0.2) is 9.97 Å². The second-order valence-electron chi connectivity index (χ2n) is 6.54. The van der Waals surface area contributed by atoms with Crippen molar-refractivity contribution in [2.75, 3.05) is 17.7 Å². The molecular weight excluding hydrogens is 248 g/mol. The summed E-state index contributed by atoms with van der Waals surface area (Å²) < 4.78 is 0. The number of rotatable bonds is 5. The Hall–Kier alpha value is -1.32. The predicted octanol–water partition coefficient (Wildman–Crippen LogP) is 3.77. The maximum absolute atomic E-state index is 4.74. The monoisotopic (exact) mass is 276 g/mol. The molecule has 1 fully saturated rings. The average Bonchev–Trinajstić information content (AvgIpc) is 2.72. The fraction of sp³-hybridized carbons (Fsp3) is 0.750. The molecule has 0 aliphatic heterocycles. The van der Waals surface area contributed by atoms with E-state index in [2.05, 4.69) is 43.3 Å². The van der Waals surface area contributed by atoms with Crippen molar-refractivity contribution in [3.8, 4) is 0 Å². The highest BCUT2D eigenvalue weighted by Gasteiger charge is 2.35. The molecular formula is C16H28N4. The summed E-state index contributed by atoms with van der Waals surface area (Å²) in [6.45, 7) is 8.95. The normalized spacial score (nSPS) is 20.9. The van der Waals surface area contributed by atoms with Gasteiger partial charge in [0.15, 0.2) is 0 Å². The van der Waals surface area contributed by atoms with Gasteiger partial charge in [-0.05, 0) is 31.6 Å². The number of aromatic nitrogens is 2. The van der Waals surface area contributed by atoms with Crippen LogP contribution in [-0.4, -0.2) is 23.1 Å². The average molecular weight is 276 g/mol. The van der Waals surface area contributed by atoms with Gasteiger partial charge in [-0.1, -0.05) is 27.2 Å². The van der Waals surface area contributed by atoms with Crippen LogP contribution in [0.25, 0.3) is 0 Å². The number of aryl methyl sites for hydroxylation is 1. The smallest absolute Gasteiger partial charge is 0.135 e. The van der Waals surface area contributed by atoms with E-state index in [1.807, 2.05) is 7.05 Å². The van der Waals surface area contributed by atoms with Gasteiger partial charge in [0.25, 0.3) is 0 Å². The lowest BCUT2D eigenvalue weighted by atomic mass is 9.87. The minimum absolute atomic E-state index is 0.349. The van der Waals surface area contributed by atoms with Gasteiger partial charge in [-0.15, -0.1) is 0 Å². The Bertz CT molecular complexity index is 468. The number of hydrogen-bond donors (Lipinski definition) is 2. The molecule has 20 heavy (non-hydrogen) atoms. The first-order chi connectivity index (χ1) is 9.47. The van der Waals surface area contributed by atoms with Crippen LogP contribution < -0.4 is 10.6 Å². The molecule has 0 bridgehead atoms. The highest BCUT2D eigenvalue weighted by molar-refractivity contribution is 5.57. The number of hydrogen-bond acceptors (Lipinski definition) is 4. The van der Waals surface area contributed by atoms with E-state index in [4.69, 9.17) is 4.98 Å². The largest absolute Gasteiger partial charge is 0.373 e. The van der Waals surface area contributed by atoms with Gasteiger partial charge >= 0.3 is 0 Å². The highest BCUT2D eigenvalue weighted by atomic mass is 15.1. The third kappa shape index (κ3) is 3.05.